The maximum absolute atomic E-state index is 12.8. The second kappa shape index (κ2) is 7.35. The number of nitrogens with one attached hydrogen (secondary N) is 1. The van der Waals surface area contributed by atoms with E-state index in [1.54, 1.807) is 0 Å². The third-order valence-corrected chi connectivity index (χ3v) is 5.81. The summed E-state index contributed by atoms with van der Waals surface area (Å²) < 4.78 is 8.33. The lowest BCUT2D eigenvalue weighted by Crippen LogP contribution is -2.54. The number of carbonyl (C=O) groups excluding carboxylic acids is 1. The highest BCUT2D eigenvalue weighted by atomic mass is 16.5. The molecule has 0 radical (unpaired) electrons. The first-order chi connectivity index (χ1) is 13.1. The Bertz CT molecular complexity index is 814. The number of rotatable bonds is 4. The van der Waals surface area contributed by atoms with Crippen molar-refractivity contribution in [3.8, 4) is 0 Å². The summed E-state index contributed by atoms with van der Waals surface area (Å²) in [4.78, 5) is 18.9. The molecule has 144 valence electrons. The zero-order chi connectivity index (χ0) is 18.9. The summed E-state index contributed by atoms with van der Waals surface area (Å²) in [5.74, 6) is 1.34. The van der Waals surface area contributed by atoms with Gasteiger partial charge in [0.05, 0.1) is 13.2 Å². The number of aromatic nitrogens is 2. The normalized spacial score (nSPS) is 22.7. The van der Waals surface area contributed by atoms with Gasteiger partial charge in [0.25, 0.3) is 0 Å². The summed E-state index contributed by atoms with van der Waals surface area (Å²) in [6, 6.07) is 8.48. The van der Waals surface area contributed by atoms with Crippen molar-refractivity contribution in [1.29, 1.82) is 0 Å². The maximum atomic E-state index is 12.8. The van der Waals surface area contributed by atoms with Crippen LogP contribution >= 0.6 is 0 Å². The highest BCUT2D eigenvalue weighted by Crippen LogP contribution is 2.42. The van der Waals surface area contributed by atoms with E-state index in [2.05, 4.69) is 46.1 Å². The number of nitrogens with zero attached hydrogens (tertiary/aromatic N) is 3. The molecule has 1 aromatic heterocycles. The molecule has 2 unspecified atom stereocenters. The largest absolute Gasteiger partial charge is 0.367 e. The zero-order valence-electron chi connectivity index (χ0n) is 16.1. The van der Waals surface area contributed by atoms with Gasteiger partial charge in [-0.1, -0.05) is 31.2 Å². The molecule has 2 aromatic rings. The fourth-order valence-corrected chi connectivity index (χ4v) is 4.30. The molecule has 1 spiro atoms. The Morgan fingerprint density at radius 3 is 3.07 bits per heavy atom. The van der Waals surface area contributed by atoms with E-state index in [-0.39, 0.29) is 11.6 Å². The number of ether oxygens (including phenoxy) is 1. The van der Waals surface area contributed by atoms with Gasteiger partial charge in [0.2, 0.25) is 0 Å². The van der Waals surface area contributed by atoms with Gasteiger partial charge < -0.3 is 19.5 Å². The Labute approximate surface area is 160 Å². The van der Waals surface area contributed by atoms with E-state index in [0.29, 0.717) is 32.2 Å². The Balaban J connectivity index is 1.35. The molecular formula is C21H28N4O2. The number of imidazole rings is 1. The van der Waals surface area contributed by atoms with Crippen LogP contribution in [-0.2, 0) is 23.3 Å². The number of benzene rings is 1. The van der Waals surface area contributed by atoms with Gasteiger partial charge in [0, 0.05) is 32.0 Å². The summed E-state index contributed by atoms with van der Waals surface area (Å²) in [5, 5.41) is 3.11. The lowest BCUT2D eigenvalue weighted by Gasteiger charge is -2.41. The van der Waals surface area contributed by atoms with Gasteiger partial charge in [-0.15, -0.1) is 0 Å². The van der Waals surface area contributed by atoms with Crippen molar-refractivity contribution in [1.82, 2.24) is 19.8 Å². The summed E-state index contributed by atoms with van der Waals surface area (Å²) in [6.07, 6.45) is 5.77. The molecule has 1 fully saturated rings. The van der Waals surface area contributed by atoms with Crippen LogP contribution in [0.25, 0.3) is 0 Å². The second-order valence-corrected chi connectivity index (χ2v) is 7.84. The molecule has 6 heteroatoms. The average molecular weight is 368 g/mol. The first-order valence-electron chi connectivity index (χ1n) is 9.80. The Morgan fingerprint density at radius 2 is 2.26 bits per heavy atom. The lowest BCUT2D eigenvalue weighted by atomic mass is 9.94. The molecule has 1 N–H and O–H groups in total. The van der Waals surface area contributed by atoms with Crippen molar-refractivity contribution in [2.75, 3.05) is 26.2 Å². The van der Waals surface area contributed by atoms with Gasteiger partial charge in [0.1, 0.15) is 11.4 Å². The number of hydrogen-bond acceptors (Lipinski definition) is 3. The molecule has 1 aliphatic heterocycles. The lowest BCUT2D eigenvalue weighted by molar-refractivity contribution is -0.101. The van der Waals surface area contributed by atoms with E-state index in [1.165, 1.54) is 11.1 Å². The number of amides is 2. The third-order valence-electron chi connectivity index (χ3n) is 5.81. The number of morpholine rings is 1. The van der Waals surface area contributed by atoms with Crippen molar-refractivity contribution in [2.45, 2.75) is 38.8 Å². The zero-order valence-corrected chi connectivity index (χ0v) is 16.1. The maximum Gasteiger partial charge on any atom is 0.317 e. The van der Waals surface area contributed by atoms with E-state index < -0.39 is 0 Å². The van der Waals surface area contributed by atoms with Crippen molar-refractivity contribution >= 4 is 6.03 Å². The Morgan fingerprint density at radius 1 is 1.41 bits per heavy atom. The molecular weight excluding hydrogens is 340 g/mol. The summed E-state index contributed by atoms with van der Waals surface area (Å²) in [6.45, 7) is 7.51. The molecule has 0 bridgehead atoms. The molecule has 27 heavy (non-hydrogen) atoms. The molecule has 0 saturated carbocycles. The summed E-state index contributed by atoms with van der Waals surface area (Å²) in [7, 11) is 0. The summed E-state index contributed by atoms with van der Waals surface area (Å²) in [5.41, 5.74) is 2.28. The predicted octanol–water partition coefficient (Wildman–Crippen LogP) is 2.71. The smallest absolute Gasteiger partial charge is 0.317 e. The van der Waals surface area contributed by atoms with Gasteiger partial charge in [-0.05, 0) is 36.8 Å². The number of aryl methyl sites for hydroxylation is 2. The number of hydrogen-bond donors (Lipinski definition) is 1. The van der Waals surface area contributed by atoms with E-state index >= 15 is 0 Å². The Kier molecular flexibility index (Phi) is 4.91. The van der Waals surface area contributed by atoms with Crippen LogP contribution in [0.2, 0.25) is 0 Å². The van der Waals surface area contributed by atoms with Crippen LogP contribution in [0, 0.1) is 12.8 Å². The molecule has 2 atom stereocenters. The standard InChI is InChI=1S/C21H28N4O2/c1-16(14-24-10-9-22-17(24)2)13-23-20(26)25-11-12-27-21(15-25)8-7-18-5-3-4-6-19(18)21/h3-6,9-10,16H,7-8,11-15H2,1-2H3,(H,23,26). The topological polar surface area (TPSA) is 59.4 Å². The van der Waals surface area contributed by atoms with Crippen LogP contribution in [0.1, 0.15) is 30.3 Å². The first-order valence-corrected chi connectivity index (χ1v) is 9.80. The van der Waals surface area contributed by atoms with Crippen LogP contribution in [0.5, 0.6) is 0 Å². The van der Waals surface area contributed by atoms with Crippen LogP contribution in [0.4, 0.5) is 4.79 Å². The third kappa shape index (κ3) is 3.58. The fourth-order valence-electron chi connectivity index (χ4n) is 4.30. The first kappa shape index (κ1) is 18.0. The van der Waals surface area contributed by atoms with Crippen LogP contribution < -0.4 is 5.32 Å². The van der Waals surface area contributed by atoms with Crippen molar-refractivity contribution in [2.24, 2.45) is 5.92 Å². The van der Waals surface area contributed by atoms with Crippen LogP contribution in [0.15, 0.2) is 36.7 Å². The fraction of sp³-hybridized carbons (Fsp3) is 0.524. The monoisotopic (exact) mass is 368 g/mol. The summed E-state index contributed by atoms with van der Waals surface area (Å²) >= 11 is 0. The minimum absolute atomic E-state index is 0.0104. The van der Waals surface area contributed by atoms with Crippen molar-refractivity contribution in [3.63, 3.8) is 0 Å². The van der Waals surface area contributed by atoms with E-state index in [1.807, 2.05) is 24.2 Å². The van der Waals surface area contributed by atoms with Crippen molar-refractivity contribution < 1.29 is 9.53 Å². The highest BCUT2D eigenvalue weighted by molar-refractivity contribution is 5.74. The van der Waals surface area contributed by atoms with E-state index in [0.717, 1.165) is 25.2 Å². The average Bonchev–Trinajstić information content (AvgIpc) is 3.24. The SMILES string of the molecule is Cc1nccn1CC(C)CNC(=O)N1CCOC2(CCc3ccccc32)C1. The van der Waals surface area contributed by atoms with E-state index in [4.69, 9.17) is 4.74 Å². The molecule has 2 heterocycles. The van der Waals surface area contributed by atoms with Gasteiger partial charge in [0.15, 0.2) is 0 Å². The minimum Gasteiger partial charge on any atom is -0.367 e. The van der Waals surface area contributed by atoms with Crippen molar-refractivity contribution in [3.05, 3.63) is 53.6 Å². The predicted molar refractivity (Wildman–Crippen MR) is 103 cm³/mol. The van der Waals surface area contributed by atoms with E-state index in [9.17, 15) is 4.79 Å². The number of urea groups is 1. The van der Waals surface area contributed by atoms with Gasteiger partial charge in [-0.2, -0.15) is 0 Å². The van der Waals surface area contributed by atoms with Crippen LogP contribution in [-0.4, -0.2) is 46.7 Å². The molecule has 2 amide bonds. The molecule has 6 nitrogen and oxygen atoms in total. The quantitative estimate of drug-likeness (QED) is 0.903. The highest BCUT2D eigenvalue weighted by Gasteiger charge is 2.44. The molecule has 1 saturated heterocycles. The molecule has 1 aromatic carbocycles. The van der Waals surface area contributed by atoms with Crippen LogP contribution in [0.3, 0.4) is 0 Å². The van der Waals surface area contributed by atoms with Gasteiger partial charge in [-0.25, -0.2) is 9.78 Å². The molecule has 1 aliphatic carbocycles. The number of fused-ring (bicyclic) bond motifs is 2. The number of carbonyl (C=O) groups is 1. The van der Waals surface area contributed by atoms with Gasteiger partial charge >= 0.3 is 6.03 Å². The second-order valence-electron chi connectivity index (χ2n) is 7.84. The molecule has 4 rings (SSSR count). The molecule has 2 aliphatic rings. The minimum atomic E-state index is -0.328. The Hall–Kier alpha value is -2.34. The van der Waals surface area contributed by atoms with Gasteiger partial charge in [-0.3, -0.25) is 0 Å².